The molecule has 7 nitrogen and oxygen atoms in total. The van der Waals surface area contributed by atoms with Crippen LogP contribution in [0.15, 0.2) is 42.3 Å². The molecule has 0 aliphatic carbocycles. The summed E-state index contributed by atoms with van der Waals surface area (Å²) in [7, 11) is 0. The standard InChI is InChI=1S/C15H15N3O4S/c1-3-7-22-10(2)14(19)17-15-16-13(9-23-15)11-5-4-6-12(8-11)18(20)21/h3-6,8-10H,1,7H2,2H3,(H,16,17,19)/t10-/m1/s1. The lowest BCUT2D eigenvalue weighted by Gasteiger charge is -2.10. The van der Waals surface area contributed by atoms with Crippen molar-refractivity contribution in [3.63, 3.8) is 0 Å². The van der Waals surface area contributed by atoms with Crippen molar-refractivity contribution in [3.8, 4) is 11.3 Å². The van der Waals surface area contributed by atoms with Crippen LogP contribution in [-0.4, -0.2) is 28.5 Å². The van der Waals surface area contributed by atoms with Gasteiger partial charge in [-0.25, -0.2) is 4.98 Å². The molecule has 0 aliphatic heterocycles. The molecule has 0 radical (unpaired) electrons. The van der Waals surface area contributed by atoms with Gasteiger partial charge in [0.05, 0.1) is 17.2 Å². The Morgan fingerprint density at radius 3 is 3.09 bits per heavy atom. The normalized spacial score (nSPS) is 11.7. The van der Waals surface area contributed by atoms with Gasteiger partial charge in [-0.2, -0.15) is 0 Å². The molecule has 0 aliphatic rings. The van der Waals surface area contributed by atoms with Crippen molar-refractivity contribution in [2.45, 2.75) is 13.0 Å². The van der Waals surface area contributed by atoms with Gasteiger partial charge in [-0.05, 0) is 6.92 Å². The molecule has 2 aromatic rings. The van der Waals surface area contributed by atoms with E-state index in [2.05, 4.69) is 16.9 Å². The third-order valence-electron chi connectivity index (χ3n) is 2.92. The summed E-state index contributed by atoms with van der Waals surface area (Å²) in [5.74, 6) is -0.313. The highest BCUT2D eigenvalue weighted by Crippen LogP contribution is 2.27. The van der Waals surface area contributed by atoms with Crippen LogP contribution < -0.4 is 5.32 Å². The molecule has 0 unspecified atom stereocenters. The van der Waals surface area contributed by atoms with Crippen LogP contribution >= 0.6 is 11.3 Å². The van der Waals surface area contributed by atoms with Crippen LogP contribution in [0.2, 0.25) is 0 Å². The Bertz CT molecular complexity index is 729. The van der Waals surface area contributed by atoms with E-state index in [-0.39, 0.29) is 18.2 Å². The Morgan fingerprint density at radius 1 is 1.61 bits per heavy atom. The van der Waals surface area contributed by atoms with E-state index in [1.165, 1.54) is 23.5 Å². The lowest BCUT2D eigenvalue weighted by Crippen LogP contribution is -2.27. The number of hydrogen-bond acceptors (Lipinski definition) is 6. The SMILES string of the molecule is C=CCO[C@H](C)C(=O)Nc1nc(-c2cccc([N+](=O)[O-])c2)cs1. The van der Waals surface area contributed by atoms with Gasteiger partial charge in [0.25, 0.3) is 11.6 Å². The maximum Gasteiger partial charge on any atom is 0.270 e. The second-order valence-corrected chi connectivity index (χ2v) is 5.46. The monoisotopic (exact) mass is 333 g/mol. The minimum absolute atomic E-state index is 0.00691. The van der Waals surface area contributed by atoms with Crippen LogP contribution in [0.1, 0.15) is 6.92 Å². The van der Waals surface area contributed by atoms with Gasteiger partial charge in [0.15, 0.2) is 5.13 Å². The third kappa shape index (κ3) is 4.44. The van der Waals surface area contributed by atoms with Crippen molar-refractivity contribution in [1.29, 1.82) is 0 Å². The quantitative estimate of drug-likeness (QED) is 0.477. The van der Waals surface area contributed by atoms with E-state index in [1.54, 1.807) is 30.5 Å². The number of thiazole rings is 1. The molecule has 0 saturated carbocycles. The zero-order valence-corrected chi connectivity index (χ0v) is 13.2. The van der Waals surface area contributed by atoms with Crippen LogP contribution in [-0.2, 0) is 9.53 Å². The molecule has 0 spiro atoms. The number of aromatic nitrogens is 1. The fourth-order valence-corrected chi connectivity index (χ4v) is 2.46. The smallest absolute Gasteiger partial charge is 0.270 e. The zero-order valence-electron chi connectivity index (χ0n) is 12.4. The van der Waals surface area contributed by atoms with E-state index in [0.717, 1.165) is 0 Å². The van der Waals surface area contributed by atoms with Gasteiger partial charge in [0.1, 0.15) is 6.10 Å². The largest absolute Gasteiger partial charge is 0.365 e. The first-order valence-corrected chi connectivity index (χ1v) is 7.63. The third-order valence-corrected chi connectivity index (χ3v) is 3.68. The van der Waals surface area contributed by atoms with Gasteiger partial charge in [-0.3, -0.25) is 20.2 Å². The molecule has 1 aromatic heterocycles. The van der Waals surface area contributed by atoms with Crippen molar-refractivity contribution in [2.75, 3.05) is 11.9 Å². The molecular weight excluding hydrogens is 318 g/mol. The van der Waals surface area contributed by atoms with Crippen molar-refractivity contribution >= 4 is 28.1 Å². The number of hydrogen-bond donors (Lipinski definition) is 1. The molecule has 1 amide bonds. The minimum Gasteiger partial charge on any atom is -0.365 e. The van der Waals surface area contributed by atoms with Crippen LogP contribution in [0.4, 0.5) is 10.8 Å². The zero-order chi connectivity index (χ0) is 16.8. The average Bonchev–Trinajstić information content (AvgIpc) is 3.01. The topological polar surface area (TPSA) is 94.4 Å². The van der Waals surface area contributed by atoms with Gasteiger partial charge in [0.2, 0.25) is 0 Å². The Balaban J connectivity index is 2.09. The Kier molecular flexibility index (Phi) is 5.56. The van der Waals surface area contributed by atoms with Gasteiger partial charge in [-0.15, -0.1) is 17.9 Å². The van der Waals surface area contributed by atoms with Crippen LogP contribution in [0.3, 0.4) is 0 Å². The second kappa shape index (κ2) is 7.61. The number of amides is 1. The summed E-state index contributed by atoms with van der Waals surface area (Å²) in [6.45, 7) is 5.43. The predicted octanol–water partition coefficient (Wildman–Crippen LogP) is 3.25. The summed E-state index contributed by atoms with van der Waals surface area (Å²) >= 11 is 1.24. The Labute approximate surface area is 136 Å². The van der Waals surface area contributed by atoms with Gasteiger partial charge in [-0.1, -0.05) is 18.2 Å². The second-order valence-electron chi connectivity index (χ2n) is 4.60. The average molecular weight is 333 g/mol. The molecule has 2 rings (SSSR count). The summed E-state index contributed by atoms with van der Waals surface area (Å²) in [5.41, 5.74) is 1.17. The summed E-state index contributed by atoms with van der Waals surface area (Å²) in [6.07, 6.45) is 0.936. The predicted molar refractivity (Wildman–Crippen MR) is 88.4 cm³/mol. The number of nitrogens with one attached hydrogen (secondary N) is 1. The number of nitrogens with zero attached hydrogens (tertiary/aromatic N) is 2. The van der Waals surface area contributed by atoms with E-state index in [9.17, 15) is 14.9 Å². The lowest BCUT2D eigenvalue weighted by molar-refractivity contribution is -0.384. The molecule has 0 fully saturated rings. The van der Waals surface area contributed by atoms with Crippen molar-refractivity contribution in [2.24, 2.45) is 0 Å². The molecule has 0 bridgehead atoms. The maximum atomic E-state index is 11.9. The molecular formula is C15H15N3O4S. The highest BCUT2D eigenvalue weighted by Gasteiger charge is 2.15. The van der Waals surface area contributed by atoms with Crippen LogP contribution in [0.25, 0.3) is 11.3 Å². The van der Waals surface area contributed by atoms with E-state index in [0.29, 0.717) is 16.4 Å². The molecule has 1 heterocycles. The maximum absolute atomic E-state index is 11.9. The number of ether oxygens (including phenoxy) is 1. The van der Waals surface area contributed by atoms with Gasteiger partial charge < -0.3 is 4.74 Å². The molecule has 23 heavy (non-hydrogen) atoms. The lowest BCUT2D eigenvalue weighted by atomic mass is 10.1. The number of nitro groups is 1. The van der Waals surface area contributed by atoms with E-state index in [1.807, 2.05) is 0 Å². The van der Waals surface area contributed by atoms with Crippen LogP contribution in [0.5, 0.6) is 0 Å². The number of nitro benzene ring substituents is 1. The summed E-state index contributed by atoms with van der Waals surface area (Å²) in [4.78, 5) is 26.5. The number of anilines is 1. The number of benzene rings is 1. The van der Waals surface area contributed by atoms with Crippen LogP contribution in [0, 0.1) is 10.1 Å². The molecule has 1 aromatic carbocycles. The fourth-order valence-electron chi connectivity index (χ4n) is 1.74. The van der Waals surface area contributed by atoms with Gasteiger partial charge >= 0.3 is 0 Å². The van der Waals surface area contributed by atoms with Crippen molar-refractivity contribution in [3.05, 3.63) is 52.4 Å². The molecule has 8 heteroatoms. The number of carbonyl (C=O) groups is 1. The van der Waals surface area contributed by atoms with E-state index in [4.69, 9.17) is 4.74 Å². The molecule has 1 atom stereocenters. The Hall–Kier alpha value is -2.58. The fraction of sp³-hybridized carbons (Fsp3) is 0.200. The van der Waals surface area contributed by atoms with Gasteiger partial charge in [0, 0.05) is 23.1 Å². The van der Waals surface area contributed by atoms with E-state index >= 15 is 0 Å². The van der Waals surface area contributed by atoms with Crippen molar-refractivity contribution in [1.82, 2.24) is 4.98 Å². The van der Waals surface area contributed by atoms with Crippen molar-refractivity contribution < 1.29 is 14.5 Å². The number of non-ortho nitro benzene ring substituents is 1. The van der Waals surface area contributed by atoms with E-state index < -0.39 is 11.0 Å². The summed E-state index contributed by atoms with van der Waals surface area (Å²) < 4.78 is 5.23. The summed E-state index contributed by atoms with van der Waals surface area (Å²) in [5, 5.41) is 15.6. The number of carbonyl (C=O) groups excluding carboxylic acids is 1. The minimum atomic E-state index is -0.627. The summed E-state index contributed by atoms with van der Waals surface area (Å²) in [6, 6.07) is 6.17. The first kappa shape index (κ1) is 16.8. The first-order valence-electron chi connectivity index (χ1n) is 6.75. The first-order chi connectivity index (χ1) is 11.0. The molecule has 120 valence electrons. The molecule has 0 saturated heterocycles. The highest BCUT2D eigenvalue weighted by molar-refractivity contribution is 7.14. The number of rotatable bonds is 7. The Morgan fingerprint density at radius 2 is 2.39 bits per heavy atom. The molecule has 1 N–H and O–H groups in total. The highest BCUT2D eigenvalue weighted by atomic mass is 32.1.